The molecule has 1 N–H and O–H groups in total. The van der Waals surface area contributed by atoms with Crippen molar-refractivity contribution in [2.75, 3.05) is 7.05 Å². The molecule has 2 unspecified atom stereocenters. The van der Waals surface area contributed by atoms with Gasteiger partial charge in [0.25, 0.3) is 0 Å². The van der Waals surface area contributed by atoms with Gasteiger partial charge in [-0.1, -0.05) is 140 Å². The van der Waals surface area contributed by atoms with Crippen LogP contribution in [0, 0.1) is 0 Å². The van der Waals surface area contributed by atoms with Crippen molar-refractivity contribution < 1.29 is 0 Å². The second-order valence-electron chi connectivity index (χ2n) is 11.8. The van der Waals surface area contributed by atoms with Crippen LogP contribution >= 0.6 is 0 Å². The van der Waals surface area contributed by atoms with E-state index in [0.29, 0.717) is 0 Å². The first kappa shape index (κ1) is 25.1. The summed E-state index contributed by atoms with van der Waals surface area (Å²) in [6.07, 6.45) is 2.30. The van der Waals surface area contributed by atoms with Crippen molar-refractivity contribution in [2.45, 2.75) is 12.3 Å². The summed E-state index contributed by atoms with van der Waals surface area (Å²) in [7, 11) is 2.20. The molecule has 1 aromatic heterocycles. The fraction of sp³-hybridized carbons (Fsp3) is 0.0732. The maximum Gasteiger partial charge on any atom is 0.108 e. The Bertz CT molecular complexity index is 2390. The number of fused-ring (bicyclic) bond motifs is 10. The summed E-state index contributed by atoms with van der Waals surface area (Å²) in [6.45, 7) is 0. The minimum Gasteiger partial charge on any atom is -0.355 e. The van der Waals surface area contributed by atoms with Gasteiger partial charge in [-0.3, -0.25) is 5.32 Å². The lowest BCUT2D eigenvalue weighted by Gasteiger charge is -2.41. The first-order valence-electron chi connectivity index (χ1n) is 15.3. The van der Waals surface area contributed by atoms with Crippen LogP contribution in [0.15, 0.2) is 152 Å². The Labute approximate surface area is 256 Å². The van der Waals surface area contributed by atoms with Crippen LogP contribution in [0.1, 0.15) is 23.5 Å². The maximum atomic E-state index is 4.07. The molecule has 2 heterocycles. The minimum atomic E-state index is -0.0927. The normalized spacial score (nSPS) is 17.2. The van der Waals surface area contributed by atoms with E-state index in [9.17, 15) is 0 Å². The van der Waals surface area contributed by atoms with E-state index in [0.717, 1.165) is 0 Å². The molecular formula is C41H31N3. The van der Waals surface area contributed by atoms with Gasteiger partial charge in [0.05, 0.1) is 11.0 Å². The van der Waals surface area contributed by atoms with Crippen molar-refractivity contribution in [3.05, 3.63) is 163 Å². The van der Waals surface area contributed by atoms with Crippen molar-refractivity contribution in [1.29, 1.82) is 0 Å². The second-order valence-corrected chi connectivity index (χ2v) is 11.8. The Morgan fingerprint density at radius 1 is 0.523 bits per heavy atom. The van der Waals surface area contributed by atoms with E-state index >= 15 is 0 Å². The fourth-order valence-electron chi connectivity index (χ4n) is 7.50. The Morgan fingerprint density at radius 3 is 1.95 bits per heavy atom. The molecule has 0 radical (unpaired) electrons. The number of para-hydroxylation sites is 1. The Hall–Kier alpha value is -5.38. The molecule has 0 fully saturated rings. The third-order valence-corrected chi connectivity index (χ3v) is 9.44. The Kier molecular flexibility index (Phi) is 5.62. The maximum absolute atomic E-state index is 4.07. The van der Waals surface area contributed by atoms with E-state index in [4.69, 9.17) is 0 Å². The number of nitrogens with zero attached hydrogens (tertiary/aromatic N) is 2. The highest BCUT2D eigenvalue weighted by Crippen LogP contribution is 2.46. The van der Waals surface area contributed by atoms with E-state index in [1.807, 2.05) is 0 Å². The van der Waals surface area contributed by atoms with Crippen LogP contribution < -0.4 is 5.32 Å². The number of aromatic nitrogens is 1. The van der Waals surface area contributed by atoms with E-state index in [1.165, 1.54) is 70.9 Å². The molecule has 210 valence electrons. The van der Waals surface area contributed by atoms with Gasteiger partial charge < -0.3 is 9.47 Å². The summed E-state index contributed by atoms with van der Waals surface area (Å²) in [5.74, 6) is 0. The largest absolute Gasteiger partial charge is 0.355 e. The van der Waals surface area contributed by atoms with Crippen LogP contribution in [0.2, 0.25) is 0 Å². The zero-order valence-corrected chi connectivity index (χ0v) is 24.5. The van der Waals surface area contributed by atoms with E-state index in [2.05, 4.69) is 174 Å². The molecule has 7 aromatic carbocycles. The van der Waals surface area contributed by atoms with Crippen molar-refractivity contribution in [3.63, 3.8) is 0 Å². The number of rotatable bonds is 3. The van der Waals surface area contributed by atoms with Gasteiger partial charge in [-0.15, -0.1) is 0 Å². The van der Waals surface area contributed by atoms with Gasteiger partial charge in [0.2, 0.25) is 0 Å². The predicted molar refractivity (Wildman–Crippen MR) is 185 cm³/mol. The summed E-state index contributed by atoms with van der Waals surface area (Å²) < 4.78 is 2.56. The summed E-state index contributed by atoms with van der Waals surface area (Å²) >= 11 is 0. The topological polar surface area (TPSA) is 20.2 Å². The smallest absolute Gasteiger partial charge is 0.108 e. The molecule has 9 rings (SSSR count). The van der Waals surface area contributed by atoms with Crippen LogP contribution in [0.5, 0.6) is 0 Å². The van der Waals surface area contributed by atoms with Gasteiger partial charge in [0, 0.05) is 34.3 Å². The standard InChI is InChI=1S/C41H31N3/c1-43-36(28-15-4-2-5-16-28)26-37(42-41(43)29-17-6-3-7-18-29)44-35-23-13-12-22-34(35)39-38-30-19-9-8-14-27(30)24-25-32(38)31-20-10-11-21-33(31)40(39)44/h2-26,37,41-42H,1H3. The molecule has 0 saturated carbocycles. The Morgan fingerprint density at radius 2 is 1.16 bits per heavy atom. The summed E-state index contributed by atoms with van der Waals surface area (Å²) in [4.78, 5) is 2.37. The molecule has 44 heavy (non-hydrogen) atoms. The predicted octanol–water partition coefficient (Wildman–Crippen LogP) is 10.0. The summed E-state index contributed by atoms with van der Waals surface area (Å²) in [6, 6.07) is 52.8. The summed E-state index contributed by atoms with van der Waals surface area (Å²) in [5, 5.41) is 14.4. The summed E-state index contributed by atoms with van der Waals surface area (Å²) in [5.41, 5.74) is 6.16. The number of hydrogen-bond acceptors (Lipinski definition) is 2. The van der Waals surface area contributed by atoms with Gasteiger partial charge in [-0.25, -0.2) is 0 Å². The monoisotopic (exact) mass is 565 g/mol. The third kappa shape index (κ3) is 3.66. The molecule has 8 aromatic rings. The lowest BCUT2D eigenvalue weighted by Crippen LogP contribution is -2.42. The molecule has 3 heteroatoms. The Balaban J connectivity index is 1.44. The number of benzene rings is 7. The molecule has 3 nitrogen and oxygen atoms in total. The molecule has 1 aliphatic heterocycles. The minimum absolute atomic E-state index is 0.00910. The molecule has 0 amide bonds. The van der Waals surface area contributed by atoms with Crippen LogP contribution in [-0.4, -0.2) is 16.5 Å². The molecule has 2 atom stereocenters. The van der Waals surface area contributed by atoms with Crippen LogP contribution in [-0.2, 0) is 0 Å². The van der Waals surface area contributed by atoms with Gasteiger partial charge in [0.1, 0.15) is 12.3 Å². The third-order valence-electron chi connectivity index (χ3n) is 9.44. The van der Waals surface area contributed by atoms with E-state index in [1.54, 1.807) is 0 Å². The average molecular weight is 566 g/mol. The van der Waals surface area contributed by atoms with Crippen LogP contribution in [0.3, 0.4) is 0 Å². The van der Waals surface area contributed by atoms with Crippen molar-refractivity contribution in [1.82, 2.24) is 14.8 Å². The highest BCUT2D eigenvalue weighted by atomic mass is 15.3. The lowest BCUT2D eigenvalue weighted by molar-refractivity contribution is 0.240. The zero-order chi connectivity index (χ0) is 29.2. The van der Waals surface area contributed by atoms with Crippen LogP contribution in [0.25, 0.3) is 59.8 Å². The average Bonchev–Trinajstić information content (AvgIpc) is 3.44. The van der Waals surface area contributed by atoms with Crippen molar-refractivity contribution in [3.8, 4) is 0 Å². The first-order valence-corrected chi connectivity index (χ1v) is 15.3. The first-order chi connectivity index (χ1) is 21.8. The number of nitrogens with one attached hydrogen (secondary N) is 1. The van der Waals surface area contributed by atoms with Gasteiger partial charge in [-0.05, 0) is 44.8 Å². The van der Waals surface area contributed by atoms with Crippen molar-refractivity contribution in [2.24, 2.45) is 0 Å². The molecular weight excluding hydrogens is 534 g/mol. The molecule has 0 bridgehead atoms. The van der Waals surface area contributed by atoms with E-state index in [-0.39, 0.29) is 12.3 Å². The van der Waals surface area contributed by atoms with Gasteiger partial charge in [-0.2, -0.15) is 0 Å². The van der Waals surface area contributed by atoms with Crippen molar-refractivity contribution >= 4 is 59.8 Å². The second kappa shape index (κ2) is 9.84. The molecule has 0 aliphatic carbocycles. The quantitative estimate of drug-likeness (QED) is 0.215. The highest BCUT2D eigenvalue weighted by Gasteiger charge is 2.31. The zero-order valence-electron chi connectivity index (χ0n) is 24.5. The molecule has 0 spiro atoms. The van der Waals surface area contributed by atoms with E-state index < -0.39 is 0 Å². The highest BCUT2D eigenvalue weighted by molar-refractivity contribution is 6.36. The fourth-order valence-corrected chi connectivity index (χ4v) is 7.50. The SMILES string of the molecule is CN1C(c2ccccc2)=CC(n2c3ccccc3c3c4c5ccccc5ccc4c4ccccc4c32)NC1c1ccccc1. The molecule has 0 saturated heterocycles. The van der Waals surface area contributed by atoms with Crippen LogP contribution in [0.4, 0.5) is 0 Å². The molecule has 1 aliphatic rings. The van der Waals surface area contributed by atoms with Gasteiger partial charge >= 0.3 is 0 Å². The number of hydrogen-bond donors (Lipinski definition) is 1. The van der Waals surface area contributed by atoms with Gasteiger partial charge in [0.15, 0.2) is 0 Å². The lowest BCUT2D eigenvalue weighted by atomic mass is 9.93.